The van der Waals surface area contributed by atoms with Gasteiger partial charge in [-0.1, -0.05) is 37.3 Å². The molecule has 2 N–H and O–H groups in total. The van der Waals surface area contributed by atoms with Crippen molar-refractivity contribution in [3.8, 4) is 0 Å². The van der Waals surface area contributed by atoms with Gasteiger partial charge in [-0.3, -0.25) is 14.9 Å². The number of anilines is 2. The molecule has 0 spiro atoms. The van der Waals surface area contributed by atoms with Gasteiger partial charge in [-0.15, -0.1) is 0 Å². The van der Waals surface area contributed by atoms with E-state index >= 15 is 0 Å². The highest BCUT2D eigenvalue weighted by Crippen LogP contribution is 2.27. The molecule has 0 aliphatic carbocycles. The third-order valence-electron chi connectivity index (χ3n) is 5.96. The van der Waals surface area contributed by atoms with Gasteiger partial charge in [0, 0.05) is 24.2 Å². The van der Waals surface area contributed by atoms with Crippen LogP contribution < -0.4 is 15.5 Å². The number of carbonyl (C=O) groups excluding carboxylic acids is 2. The Morgan fingerprint density at radius 2 is 2.03 bits per heavy atom. The van der Waals surface area contributed by atoms with Crippen molar-refractivity contribution in [3.05, 3.63) is 53.2 Å². The van der Waals surface area contributed by atoms with Crippen LogP contribution in [0, 0.1) is 5.92 Å². The first-order chi connectivity index (χ1) is 15.5. The Morgan fingerprint density at radius 1 is 1.22 bits per heavy atom. The predicted octanol–water partition coefficient (Wildman–Crippen LogP) is 2.57. The zero-order chi connectivity index (χ0) is 22.2. The molecule has 2 aliphatic rings. The van der Waals surface area contributed by atoms with Crippen LogP contribution in [0.4, 0.5) is 11.9 Å². The van der Waals surface area contributed by atoms with Crippen LogP contribution in [-0.2, 0) is 9.59 Å². The summed E-state index contributed by atoms with van der Waals surface area (Å²) in [6.07, 6.45) is 4.51. The highest BCUT2D eigenvalue weighted by molar-refractivity contribution is 6.15. The number of imide groups is 1. The first-order valence-corrected chi connectivity index (χ1v) is 10.8. The van der Waals surface area contributed by atoms with Crippen LogP contribution in [0.1, 0.15) is 43.9 Å². The normalized spacial score (nSPS) is 20.9. The molecule has 3 aromatic rings. The fourth-order valence-corrected chi connectivity index (χ4v) is 4.20. The number of benzene rings is 1. The number of carbonyl (C=O) groups is 2. The Hall–Kier alpha value is -3.75. The van der Waals surface area contributed by atoms with Crippen molar-refractivity contribution in [3.63, 3.8) is 0 Å². The molecule has 32 heavy (non-hydrogen) atoms. The fraction of sp³-hybridized carbons (Fsp3) is 0.348. The molecular weight excluding hydrogens is 406 g/mol. The molecule has 2 saturated heterocycles. The van der Waals surface area contributed by atoms with Crippen LogP contribution in [0.25, 0.3) is 11.7 Å². The summed E-state index contributed by atoms with van der Waals surface area (Å²) in [5.74, 6) is 1.13. The topological polar surface area (TPSA) is 105 Å². The molecule has 9 heteroatoms. The lowest BCUT2D eigenvalue weighted by molar-refractivity contribution is -0.124. The van der Waals surface area contributed by atoms with E-state index in [2.05, 4.69) is 46.6 Å². The van der Waals surface area contributed by atoms with Crippen molar-refractivity contribution in [2.45, 2.75) is 32.7 Å². The zero-order valence-corrected chi connectivity index (χ0v) is 18.1. The molecule has 0 unspecified atom stereocenters. The van der Waals surface area contributed by atoms with Gasteiger partial charge in [0.15, 0.2) is 5.65 Å². The van der Waals surface area contributed by atoms with Gasteiger partial charge in [-0.2, -0.15) is 19.6 Å². The molecule has 0 radical (unpaired) electrons. The fourth-order valence-electron chi connectivity index (χ4n) is 4.20. The van der Waals surface area contributed by atoms with Gasteiger partial charge < -0.3 is 10.2 Å². The summed E-state index contributed by atoms with van der Waals surface area (Å²) in [5.41, 5.74) is 2.81. The summed E-state index contributed by atoms with van der Waals surface area (Å²) in [7, 11) is 0. The molecule has 2 atom stereocenters. The third-order valence-corrected chi connectivity index (χ3v) is 5.96. The number of fused-ring (bicyclic) bond motifs is 1. The lowest BCUT2D eigenvalue weighted by atomic mass is 10.1. The van der Waals surface area contributed by atoms with Gasteiger partial charge in [0.05, 0.1) is 18.7 Å². The van der Waals surface area contributed by atoms with E-state index in [1.165, 1.54) is 0 Å². The second-order valence-corrected chi connectivity index (χ2v) is 8.52. The minimum atomic E-state index is -0.368. The molecule has 5 rings (SSSR count). The number of hydrogen-bond donors (Lipinski definition) is 2. The van der Waals surface area contributed by atoms with Gasteiger partial charge >= 0.3 is 0 Å². The third kappa shape index (κ3) is 3.81. The van der Waals surface area contributed by atoms with E-state index in [0.29, 0.717) is 28.6 Å². The lowest BCUT2D eigenvalue weighted by Crippen LogP contribution is -2.25. The van der Waals surface area contributed by atoms with E-state index in [0.717, 1.165) is 31.0 Å². The van der Waals surface area contributed by atoms with E-state index in [4.69, 9.17) is 9.97 Å². The highest BCUT2D eigenvalue weighted by atomic mass is 16.2. The van der Waals surface area contributed by atoms with E-state index in [1.807, 2.05) is 18.2 Å². The Labute approximate surface area is 185 Å². The molecule has 164 valence electrons. The van der Waals surface area contributed by atoms with Gasteiger partial charge in [-0.25, -0.2) is 0 Å². The molecule has 2 fully saturated rings. The van der Waals surface area contributed by atoms with E-state index in [1.54, 1.807) is 16.8 Å². The van der Waals surface area contributed by atoms with Crippen molar-refractivity contribution in [2.75, 3.05) is 23.3 Å². The van der Waals surface area contributed by atoms with Crippen LogP contribution in [-0.4, -0.2) is 44.5 Å². The second kappa shape index (κ2) is 8.07. The van der Waals surface area contributed by atoms with Crippen molar-refractivity contribution in [1.29, 1.82) is 0 Å². The Balaban J connectivity index is 1.57. The molecule has 2 aromatic heterocycles. The monoisotopic (exact) mass is 431 g/mol. The predicted molar refractivity (Wildman–Crippen MR) is 121 cm³/mol. The number of nitrogens with zero attached hydrogens (tertiary/aromatic N) is 5. The molecule has 9 nitrogen and oxygen atoms in total. The minimum Gasteiger partial charge on any atom is -0.348 e. The first kappa shape index (κ1) is 20.2. The molecule has 2 aliphatic heterocycles. The van der Waals surface area contributed by atoms with Crippen molar-refractivity contribution >= 4 is 35.4 Å². The smallest absolute Gasteiger partial charge is 0.254 e. The maximum atomic E-state index is 12.0. The van der Waals surface area contributed by atoms with E-state index in [9.17, 15) is 9.59 Å². The number of nitrogens with one attached hydrogen (secondary N) is 2. The number of amides is 2. The summed E-state index contributed by atoms with van der Waals surface area (Å²) in [6, 6.07) is 10.1. The molecule has 1 aromatic carbocycles. The number of rotatable bonds is 5. The second-order valence-electron chi connectivity index (χ2n) is 8.52. The average molecular weight is 432 g/mol. The van der Waals surface area contributed by atoms with Crippen molar-refractivity contribution in [1.82, 2.24) is 24.9 Å². The Bertz CT molecular complexity index is 1220. The highest BCUT2D eigenvalue weighted by Gasteiger charge is 2.27. The largest absolute Gasteiger partial charge is 0.348 e. The van der Waals surface area contributed by atoms with Crippen molar-refractivity contribution in [2.24, 2.45) is 5.92 Å². The first-order valence-electron chi connectivity index (χ1n) is 10.8. The van der Waals surface area contributed by atoms with Gasteiger partial charge in [-0.05, 0) is 30.9 Å². The lowest BCUT2D eigenvalue weighted by Gasteiger charge is -2.20. The number of aromatic nitrogens is 4. The summed E-state index contributed by atoms with van der Waals surface area (Å²) in [4.78, 5) is 35.4. The summed E-state index contributed by atoms with van der Waals surface area (Å²) < 4.78 is 1.72. The van der Waals surface area contributed by atoms with E-state index in [-0.39, 0.29) is 24.3 Å². The molecule has 2 amide bonds. The summed E-state index contributed by atoms with van der Waals surface area (Å²) >= 11 is 0. The minimum absolute atomic E-state index is 0.00644. The van der Waals surface area contributed by atoms with Gasteiger partial charge in [0.1, 0.15) is 0 Å². The van der Waals surface area contributed by atoms with Crippen LogP contribution in [0.15, 0.2) is 42.1 Å². The van der Waals surface area contributed by atoms with Crippen LogP contribution in [0.5, 0.6) is 0 Å². The quantitative estimate of drug-likeness (QED) is 0.473. The maximum absolute atomic E-state index is 12.0. The molecular formula is C23H25N7O2. The SMILES string of the molecule is C[C@@H]1CCN(c2nc(N[C@@H](C)c3ccccc3)nc3c(/C=C4\CC(=O)NC4=O)cnn23)C1. The molecule has 4 heterocycles. The average Bonchev–Trinajstić information content (AvgIpc) is 3.47. The van der Waals surface area contributed by atoms with Gasteiger partial charge in [0.25, 0.3) is 5.91 Å². The van der Waals surface area contributed by atoms with Crippen molar-refractivity contribution < 1.29 is 9.59 Å². The zero-order valence-electron chi connectivity index (χ0n) is 18.1. The van der Waals surface area contributed by atoms with Crippen LogP contribution in [0.2, 0.25) is 0 Å². The van der Waals surface area contributed by atoms with E-state index < -0.39 is 0 Å². The summed E-state index contributed by atoms with van der Waals surface area (Å²) in [5, 5.41) is 10.2. The Morgan fingerprint density at radius 3 is 2.72 bits per heavy atom. The molecule has 0 bridgehead atoms. The summed E-state index contributed by atoms with van der Waals surface area (Å²) in [6.45, 7) is 6.08. The standard InChI is InChI=1S/C23H25N7O2/c1-14-8-9-29(13-14)23-28-22(25-15(2)16-6-4-3-5-7-16)27-20-18(12-24-30(20)23)10-17-11-19(31)26-21(17)32/h3-7,10,12,14-15H,8-9,11,13H2,1-2H3,(H,25,27)(H,26,31,32)/b17-10+/t14-,15+/m1/s1. The Kier molecular flexibility index (Phi) is 5.08. The molecule has 0 saturated carbocycles. The van der Waals surface area contributed by atoms with Gasteiger partial charge in [0.2, 0.25) is 17.8 Å². The van der Waals surface area contributed by atoms with Crippen LogP contribution >= 0.6 is 0 Å². The van der Waals surface area contributed by atoms with Crippen LogP contribution in [0.3, 0.4) is 0 Å². The number of hydrogen-bond acceptors (Lipinski definition) is 7. The maximum Gasteiger partial charge on any atom is 0.254 e.